The van der Waals surface area contributed by atoms with Gasteiger partial charge in [0.15, 0.2) is 6.29 Å². The Labute approximate surface area is 216 Å². The van der Waals surface area contributed by atoms with Gasteiger partial charge in [0.2, 0.25) is 0 Å². The van der Waals surface area contributed by atoms with Gasteiger partial charge in [0.05, 0.1) is 18.0 Å². The van der Waals surface area contributed by atoms with Crippen molar-refractivity contribution < 1.29 is 9.50 Å². The quantitative estimate of drug-likeness (QED) is 0.310. The fourth-order valence-corrected chi connectivity index (χ4v) is 4.75. The first-order chi connectivity index (χ1) is 18.0. The number of likely N-dealkylation sites (N-methyl/N-ethyl adjacent to an activating group) is 1. The predicted octanol–water partition coefficient (Wildman–Crippen LogP) is 4.82. The van der Waals surface area contributed by atoms with Crippen LogP contribution in [0.1, 0.15) is 29.8 Å². The van der Waals surface area contributed by atoms with Crippen LogP contribution in [0.15, 0.2) is 90.1 Å². The number of allylic oxidation sites excluding steroid dienone is 1. The van der Waals surface area contributed by atoms with Gasteiger partial charge in [-0.05, 0) is 67.1 Å². The average molecular weight is 498 g/mol. The Kier molecular flexibility index (Phi) is 7.46. The number of nitrogens with one attached hydrogen (secondary N) is 2. The highest BCUT2D eigenvalue weighted by atomic mass is 19.1. The molecule has 37 heavy (non-hydrogen) atoms. The first-order valence-electron chi connectivity index (χ1n) is 12.5. The van der Waals surface area contributed by atoms with Gasteiger partial charge in [-0.15, -0.1) is 0 Å². The van der Waals surface area contributed by atoms with Crippen molar-refractivity contribution in [2.45, 2.75) is 25.8 Å². The zero-order valence-corrected chi connectivity index (χ0v) is 21.1. The number of aliphatic hydroxyl groups excluding tert-OH is 1. The molecule has 2 aromatic heterocycles. The van der Waals surface area contributed by atoms with E-state index < -0.39 is 0 Å². The summed E-state index contributed by atoms with van der Waals surface area (Å²) in [5, 5.41) is 16.4. The van der Waals surface area contributed by atoms with Gasteiger partial charge >= 0.3 is 0 Å². The van der Waals surface area contributed by atoms with E-state index in [0.717, 1.165) is 40.1 Å². The number of rotatable bonds is 9. The molecule has 2 aromatic carbocycles. The van der Waals surface area contributed by atoms with Crippen LogP contribution in [0.3, 0.4) is 0 Å². The number of fused-ring (bicyclic) bond motifs is 1. The zero-order chi connectivity index (χ0) is 25.8. The number of aliphatic imine (C=N–C) groups is 1. The topological polar surface area (TPSA) is 64.3 Å². The van der Waals surface area contributed by atoms with Crippen molar-refractivity contribution in [2.24, 2.45) is 4.99 Å². The van der Waals surface area contributed by atoms with Crippen molar-refractivity contribution in [3.8, 4) is 11.1 Å². The fraction of sp³-hybridized carbons (Fsp3) is 0.233. The molecule has 190 valence electrons. The number of nitrogens with zero attached hydrogens (tertiary/aromatic N) is 3. The van der Waals surface area contributed by atoms with Crippen molar-refractivity contribution in [3.63, 3.8) is 0 Å². The standard InChI is InChI=1S/C30H32FN5O/c1-21(23-6-4-3-5-7-23)33-30-32-14-12-28(34-30)29-27(24-8-10-25(31)11-9-24)19-26-18-22(13-15-36(26)29)20-35(2)16-17-37/h3-15,18-19,21,30,33-34,37H,16-17,20H2,1-2H3/t21-,30?/m0/s1. The molecule has 3 heterocycles. The van der Waals surface area contributed by atoms with E-state index in [9.17, 15) is 9.50 Å². The second-order valence-electron chi connectivity index (χ2n) is 9.43. The van der Waals surface area contributed by atoms with Crippen LogP contribution < -0.4 is 10.6 Å². The van der Waals surface area contributed by atoms with Crippen LogP contribution in [0.2, 0.25) is 0 Å². The molecule has 3 N–H and O–H groups in total. The Morgan fingerprint density at radius 3 is 2.65 bits per heavy atom. The highest BCUT2D eigenvalue weighted by Crippen LogP contribution is 2.33. The number of aromatic nitrogens is 1. The second-order valence-corrected chi connectivity index (χ2v) is 9.43. The maximum atomic E-state index is 13.7. The molecule has 0 fully saturated rings. The maximum Gasteiger partial charge on any atom is 0.174 e. The summed E-state index contributed by atoms with van der Waals surface area (Å²) < 4.78 is 15.9. The molecular formula is C30H32FN5O. The molecule has 0 amide bonds. The maximum absolute atomic E-state index is 13.7. The van der Waals surface area contributed by atoms with Gasteiger partial charge in [0.25, 0.3) is 0 Å². The molecule has 6 nitrogen and oxygen atoms in total. The van der Waals surface area contributed by atoms with E-state index in [1.54, 1.807) is 0 Å². The molecule has 1 aliphatic heterocycles. The number of hydrogen-bond donors (Lipinski definition) is 3. The SMILES string of the molecule is C[C@H](NC1N=CC=C(c2c(-c3ccc(F)cc3)cc3cc(CN(C)CCO)ccn23)N1)c1ccccc1. The average Bonchev–Trinajstić information content (AvgIpc) is 3.28. The van der Waals surface area contributed by atoms with Crippen LogP contribution >= 0.6 is 0 Å². The van der Waals surface area contributed by atoms with Gasteiger partial charge in [-0.2, -0.15) is 0 Å². The lowest BCUT2D eigenvalue weighted by molar-refractivity contribution is 0.217. The summed E-state index contributed by atoms with van der Waals surface area (Å²) in [4.78, 5) is 6.69. The van der Waals surface area contributed by atoms with Crippen LogP contribution in [0, 0.1) is 5.82 Å². The Balaban J connectivity index is 1.49. The first-order valence-corrected chi connectivity index (χ1v) is 12.5. The van der Waals surface area contributed by atoms with E-state index in [1.807, 2.05) is 49.7 Å². The lowest BCUT2D eigenvalue weighted by Crippen LogP contribution is -2.42. The van der Waals surface area contributed by atoms with Crippen molar-refractivity contribution in [3.05, 3.63) is 108 Å². The third-order valence-corrected chi connectivity index (χ3v) is 6.66. The van der Waals surface area contributed by atoms with Crippen LogP contribution in [0.4, 0.5) is 4.39 Å². The molecule has 4 aromatic rings. The first kappa shape index (κ1) is 24.9. The molecule has 0 spiro atoms. The van der Waals surface area contributed by atoms with Crippen molar-refractivity contribution >= 4 is 17.4 Å². The second kappa shape index (κ2) is 11.1. The number of hydrogen-bond acceptors (Lipinski definition) is 5. The summed E-state index contributed by atoms with van der Waals surface area (Å²) in [6.45, 7) is 3.60. The normalized spacial score (nSPS) is 16.1. The van der Waals surface area contributed by atoms with Crippen molar-refractivity contribution in [1.29, 1.82) is 0 Å². The lowest BCUT2D eigenvalue weighted by atomic mass is 10.0. The molecular weight excluding hydrogens is 465 g/mol. The predicted molar refractivity (Wildman–Crippen MR) is 148 cm³/mol. The van der Waals surface area contributed by atoms with Crippen LogP contribution in [-0.2, 0) is 6.54 Å². The van der Waals surface area contributed by atoms with Crippen LogP contribution in [0.5, 0.6) is 0 Å². The molecule has 0 aliphatic carbocycles. The van der Waals surface area contributed by atoms with Gasteiger partial charge in [0, 0.05) is 42.6 Å². The Morgan fingerprint density at radius 1 is 1.11 bits per heavy atom. The number of aliphatic hydroxyl groups is 1. The molecule has 0 bridgehead atoms. The molecule has 0 saturated heterocycles. The Bertz CT molecular complexity index is 1410. The summed E-state index contributed by atoms with van der Waals surface area (Å²) in [6, 6.07) is 23.4. The van der Waals surface area contributed by atoms with E-state index in [2.05, 4.69) is 68.4 Å². The molecule has 1 unspecified atom stereocenters. The number of pyridine rings is 1. The molecule has 0 saturated carbocycles. The largest absolute Gasteiger partial charge is 0.395 e. The number of halogens is 1. The summed E-state index contributed by atoms with van der Waals surface area (Å²) >= 11 is 0. The summed E-state index contributed by atoms with van der Waals surface area (Å²) in [7, 11) is 1.99. The van der Waals surface area contributed by atoms with Crippen molar-refractivity contribution in [2.75, 3.05) is 20.2 Å². The van der Waals surface area contributed by atoms with Gasteiger partial charge in [-0.3, -0.25) is 15.2 Å². The van der Waals surface area contributed by atoms with Gasteiger partial charge in [-0.25, -0.2) is 4.39 Å². The third-order valence-electron chi connectivity index (χ3n) is 6.66. The minimum absolute atomic E-state index is 0.106. The molecule has 2 atom stereocenters. The fourth-order valence-electron chi connectivity index (χ4n) is 4.75. The molecule has 1 aliphatic rings. The van der Waals surface area contributed by atoms with E-state index in [1.165, 1.54) is 17.7 Å². The minimum atomic E-state index is -0.298. The van der Waals surface area contributed by atoms with Gasteiger partial charge in [0.1, 0.15) is 5.82 Å². The summed E-state index contributed by atoms with van der Waals surface area (Å²) in [5.41, 5.74) is 7.24. The smallest absolute Gasteiger partial charge is 0.174 e. The summed E-state index contributed by atoms with van der Waals surface area (Å²) in [6.07, 6.45) is 5.58. The van der Waals surface area contributed by atoms with Crippen LogP contribution in [0.25, 0.3) is 22.3 Å². The Morgan fingerprint density at radius 2 is 1.89 bits per heavy atom. The highest BCUT2D eigenvalue weighted by molar-refractivity contribution is 5.91. The van der Waals surface area contributed by atoms with Gasteiger partial charge < -0.3 is 14.8 Å². The minimum Gasteiger partial charge on any atom is -0.395 e. The van der Waals surface area contributed by atoms with E-state index in [4.69, 9.17) is 0 Å². The van der Waals surface area contributed by atoms with Crippen LogP contribution in [-0.4, -0.2) is 47.1 Å². The van der Waals surface area contributed by atoms with Gasteiger partial charge in [-0.1, -0.05) is 42.5 Å². The van der Waals surface area contributed by atoms with E-state index in [-0.39, 0.29) is 24.8 Å². The highest BCUT2D eigenvalue weighted by Gasteiger charge is 2.21. The Hall–Kier alpha value is -3.78. The molecule has 5 rings (SSSR count). The number of benzene rings is 2. The zero-order valence-electron chi connectivity index (χ0n) is 21.1. The van der Waals surface area contributed by atoms with E-state index in [0.29, 0.717) is 6.54 Å². The monoisotopic (exact) mass is 497 g/mol. The molecule has 0 radical (unpaired) electrons. The van der Waals surface area contributed by atoms with Crippen molar-refractivity contribution in [1.82, 2.24) is 19.9 Å². The lowest BCUT2D eigenvalue weighted by Gasteiger charge is -2.26. The summed E-state index contributed by atoms with van der Waals surface area (Å²) in [5.74, 6) is -0.260. The third kappa shape index (κ3) is 5.64. The molecule has 7 heteroatoms. The van der Waals surface area contributed by atoms with E-state index >= 15 is 0 Å².